The summed E-state index contributed by atoms with van der Waals surface area (Å²) >= 11 is 0. The first kappa shape index (κ1) is 16.5. The summed E-state index contributed by atoms with van der Waals surface area (Å²) in [6.45, 7) is 0. The van der Waals surface area contributed by atoms with Crippen LogP contribution < -0.4 is 9.79 Å². The summed E-state index contributed by atoms with van der Waals surface area (Å²) in [5, 5.41) is 0. The predicted molar refractivity (Wildman–Crippen MR) is 22.4 cm³/mol. The van der Waals surface area contributed by atoms with Gasteiger partial charge in [0.25, 0.3) is 0 Å². The van der Waals surface area contributed by atoms with Gasteiger partial charge in [-0.25, -0.2) is 0 Å². The van der Waals surface area contributed by atoms with Crippen molar-refractivity contribution in [2.24, 2.45) is 0 Å². The zero-order valence-corrected chi connectivity index (χ0v) is 8.12. The molecule has 9 heavy (non-hydrogen) atoms. The number of hydrogen-bond donors (Lipinski definition) is 2. The van der Waals surface area contributed by atoms with Gasteiger partial charge in [0, 0.05) is 0 Å². The van der Waals surface area contributed by atoms with E-state index in [1.54, 1.807) is 0 Å². The van der Waals surface area contributed by atoms with Gasteiger partial charge in [-0.15, -0.1) is 0 Å². The van der Waals surface area contributed by atoms with E-state index in [9.17, 15) is 0 Å². The molecule has 0 amide bonds. The molecule has 0 fully saturated rings. The van der Waals surface area contributed by atoms with Crippen LogP contribution in [0.25, 0.3) is 0 Å². The molecule has 0 saturated heterocycles. The van der Waals surface area contributed by atoms with E-state index < -0.39 is 16.5 Å². The first-order chi connectivity index (χ1) is 3.46. The minimum absolute atomic E-state index is 0. The first-order valence-electron chi connectivity index (χ1n) is 1.26. The van der Waals surface area contributed by atoms with E-state index in [4.69, 9.17) is 28.7 Å². The van der Waals surface area contributed by atoms with Crippen LogP contribution in [-0.2, 0) is 30.2 Å². The molecule has 0 aromatic carbocycles. The van der Waals surface area contributed by atoms with E-state index in [0.29, 0.717) is 0 Å². The minimum atomic E-state index is -3.38. The van der Waals surface area contributed by atoms with Crippen molar-refractivity contribution in [2.45, 2.75) is 0 Å². The van der Waals surface area contributed by atoms with Crippen LogP contribution >= 0.6 is 16.5 Å². The fraction of sp³-hybridized carbons (Fsp3) is 0. The Morgan fingerprint density at radius 1 is 1.00 bits per heavy atom. The van der Waals surface area contributed by atoms with Crippen LogP contribution in [0.3, 0.4) is 0 Å². The Balaban J connectivity index is -0.0000000720. The van der Waals surface area contributed by atoms with Crippen molar-refractivity contribution in [3.63, 3.8) is 0 Å². The summed E-state index contributed by atoms with van der Waals surface area (Å²) < 4.78 is 17.3. The molecule has 0 aliphatic heterocycles. The molecule has 0 heterocycles. The molecule has 2 unspecified atom stereocenters. The van der Waals surface area contributed by atoms with Gasteiger partial charge in [-0.1, -0.05) is 0 Å². The number of rotatable bonds is 0. The second kappa shape index (κ2) is 11.7. The Kier molecular flexibility index (Phi) is 21.6. The van der Waals surface area contributed by atoms with Gasteiger partial charge in [-0.3, -0.25) is 0 Å². The molecule has 6 nitrogen and oxygen atoms in total. The SMILES string of the molecule is O=[PH]([O-])O.O=[PH]([O-])O.[Pt+2]. The molecule has 0 bridgehead atoms. The third-order valence-electron chi connectivity index (χ3n) is 0. The van der Waals surface area contributed by atoms with Crippen LogP contribution in [0.4, 0.5) is 0 Å². The van der Waals surface area contributed by atoms with E-state index in [-0.39, 0.29) is 21.1 Å². The normalized spacial score (nSPS) is 13.8. The summed E-state index contributed by atoms with van der Waals surface area (Å²) in [5.41, 5.74) is 0. The molecule has 0 aliphatic carbocycles. The molecule has 0 aromatic rings. The largest absolute Gasteiger partial charge is 2.00 e. The predicted octanol–water partition coefficient (Wildman–Crippen LogP) is -2.55. The standard InChI is InChI=1S/2H3O3P.Pt/c2*1-4(2)3;/h2*4H,(H2,1,2,3);/q;;+2/p-2. The average Bonchev–Trinajstić information content (AvgIpc) is 1.25. The first-order valence-corrected chi connectivity index (χ1v) is 3.79. The quantitative estimate of drug-likeness (QED) is 0.461. The van der Waals surface area contributed by atoms with E-state index in [1.807, 2.05) is 0 Å². The second-order valence-corrected chi connectivity index (χ2v) is 1.60. The van der Waals surface area contributed by atoms with Gasteiger partial charge in [0.2, 0.25) is 0 Å². The zero-order valence-electron chi connectivity index (χ0n) is 3.84. The van der Waals surface area contributed by atoms with E-state index in [2.05, 4.69) is 0 Å². The van der Waals surface area contributed by atoms with Crippen LogP contribution in [0, 0.1) is 0 Å². The Morgan fingerprint density at radius 3 is 1.00 bits per heavy atom. The molecule has 0 spiro atoms. The number of hydrogen-bond acceptors (Lipinski definition) is 4. The molecule has 0 saturated carbocycles. The smallest absolute Gasteiger partial charge is 0.781 e. The Hall–Kier alpha value is 0.988. The maximum Gasteiger partial charge on any atom is 2.00 e. The van der Waals surface area contributed by atoms with Crippen molar-refractivity contribution in [1.82, 2.24) is 0 Å². The van der Waals surface area contributed by atoms with Crippen LogP contribution in [0.2, 0.25) is 0 Å². The second-order valence-electron chi connectivity index (χ2n) is 0.532. The molecule has 0 aliphatic rings. The molecule has 0 rings (SSSR count). The molecule has 0 aromatic heterocycles. The van der Waals surface area contributed by atoms with Crippen molar-refractivity contribution < 1.29 is 49.8 Å². The zero-order chi connectivity index (χ0) is 7.15. The van der Waals surface area contributed by atoms with Gasteiger partial charge in [0.1, 0.15) is 16.5 Å². The van der Waals surface area contributed by atoms with Gasteiger partial charge < -0.3 is 28.7 Å². The van der Waals surface area contributed by atoms with Crippen molar-refractivity contribution >= 4 is 16.5 Å². The maximum absolute atomic E-state index is 8.63. The van der Waals surface area contributed by atoms with Gasteiger partial charge >= 0.3 is 21.1 Å². The summed E-state index contributed by atoms with van der Waals surface area (Å²) in [6, 6.07) is 0. The third kappa shape index (κ3) is 449. The minimum Gasteiger partial charge on any atom is -0.781 e. The molecular formula is H4O6P2Pt. The van der Waals surface area contributed by atoms with Gasteiger partial charge in [0.05, 0.1) is 0 Å². The summed E-state index contributed by atoms with van der Waals surface area (Å²) in [6.07, 6.45) is 0. The Labute approximate surface area is 66.7 Å². The van der Waals surface area contributed by atoms with Crippen LogP contribution in [0.1, 0.15) is 0 Å². The molecule has 9 heteroatoms. The Bertz CT molecular complexity index is 69.1. The topological polar surface area (TPSA) is 121 Å². The van der Waals surface area contributed by atoms with Crippen molar-refractivity contribution in [3.8, 4) is 0 Å². The summed E-state index contributed by atoms with van der Waals surface area (Å²) in [5.74, 6) is 0. The van der Waals surface area contributed by atoms with Crippen LogP contribution in [0.5, 0.6) is 0 Å². The molecule has 2 N–H and O–H groups in total. The van der Waals surface area contributed by atoms with Gasteiger partial charge in [-0.05, 0) is 0 Å². The molecule has 60 valence electrons. The molecular weight excluding hydrogens is 353 g/mol. The molecule has 2 atom stereocenters. The Morgan fingerprint density at radius 2 is 1.00 bits per heavy atom. The average molecular weight is 357 g/mol. The monoisotopic (exact) mass is 357 g/mol. The van der Waals surface area contributed by atoms with E-state index in [0.717, 1.165) is 0 Å². The molecule has 0 radical (unpaired) electrons. The van der Waals surface area contributed by atoms with Crippen molar-refractivity contribution in [2.75, 3.05) is 0 Å². The maximum atomic E-state index is 8.63. The summed E-state index contributed by atoms with van der Waals surface area (Å²) in [7, 11) is -6.76. The van der Waals surface area contributed by atoms with Crippen molar-refractivity contribution in [1.29, 1.82) is 0 Å². The van der Waals surface area contributed by atoms with Crippen molar-refractivity contribution in [3.05, 3.63) is 0 Å². The van der Waals surface area contributed by atoms with Crippen LogP contribution in [-0.4, -0.2) is 9.79 Å². The van der Waals surface area contributed by atoms with Crippen LogP contribution in [0.15, 0.2) is 0 Å². The fourth-order valence-corrected chi connectivity index (χ4v) is 0. The van der Waals surface area contributed by atoms with E-state index in [1.165, 1.54) is 0 Å². The van der Waals surface area contributed by atoms with Gasteiger partial charge in [0.15, 0.2) is 0 Å². The third-order valence-corrected chi connectivity index (χ3v) is 0. The van der Waals surface area contributed by atoms with E-state index >= 15 is 0 Å². The van der Waals surface area contributed by atoms with Gasteiger partial charge in [-0.2, -0.15) is 0 Å². The summed E-state index contributed by atoms with van der Waals surface area (Å²) in [4.78, 5) is 31.4. The fourth-order valence-electron chi connectivity index (χ4n) is 0.